The maximum atomic E-state index is 6.07. The van der Waals surface area contributed by atoms with Gasteiger partial charge in [0.05, 0.1) is 11.0 Å². The Morgan fingerprint density at radius 1 is 0.289 bits per heavy atom. The van der Waals surface area contributed by atoms with Gasteiger partial charge in [-0.25, -0.2) is 9.97 Å². The van der Waals surface area contributed by atoms with Crippen LogP contribution in [0.1, 0.15) is 45.2 Å². The van der Waals surface area contributed by atoms with Gasteiger partial charge in [-0.2, -0.15) is 4.98 Å². The summed E-state index contributed by atoms with van der Waals surface area (Å²) < 4.78 is 2.28. The summed E-state index contributed by atoms with van der Waals surface area (Å²) in [5, 5.41) is 11.3. The van der Waals surface area contributed by atoms with E-state index in [0.717, 1.165) is 32.8 Å². The van der Waals surface area contributed by atoms with Crippen LogP contribution >= 0.6 is 0 Å². The number of hydrogen-bond donors (Lipinski definition) is 0. The van der Waals surface area contributed by atoms with Crippen LogP contribution in [0.5, 0.6) is 0 Å². The molecule has 4 nitrogen and oxygen atoms in total. The van der Waals surface area contributed by atoms with Crippen molar-refractivity contribution in [3.8, 4) is 28.5 Å². The fourth-order valence-corrected chi connectivity index (χ4v) is 24.0. The lowest BCUT2D eigenvalue weighted by Gasteiger charge is -2.46. The molecule has 83 heavy (non-hydrogen) atoms. The van der Waals surface area contributed by atoms with Gasteiger partial charge in [0.1, 0.15) is 5.45 Å². The number of para-hydroxylation sites is 2. The molecule has 6 heteroatoms. The van der Waals surface area contributed by atoms with Crippen molar-refractivity contribution >= 4 is 79.7 Å². The molecule has 0 fully saturated rings. The van der Waals surface area contributed by atoms with Gasteiger partial charge in [-0.1, -0.05) is 303 Å². The highest BCUT2D eigenvalue weighted by molar-refractivity contribution is 7.20. The number of benzene rings is 12. The molecule has 3 aliphatic rings. The Kier molecular flexibility index (Phi) is 11.7. The Morgan fingerprint density at radius 2 is 0.699 bits per heavy atom. The molecule has 0 N–H and O–H groups in total. The summed E-state index contributed by atoms with van der Waals surface area (Å²) in [4.78, 5) is 17.9. The van der Waals surface area contributed by atoms with Gasteiger partial charge in [0, 0.05) is 28.2 Å². The molecule has 0 aliphatic heterocycles. The van der Waals surface area contributed by atoms with Crippen molar-refractivity contribution in [1.29, 1.82) is 0 Å². The van der Waals surface area contributed by atoms with Crippen molar-refractivity contribution in [3.63, 3.8) is 0 Å². The van der Waals surface area contributed by atoms with Crippen LogP contribution in [0.25, 0.3) is 50.3 Å². The first-order valence-electron chi connectivity index (χ1n) is 28.8. The van der Waals surface area contributed by atoms with E-state index in [1.807, 2.05) is 0 Å². The van der Waals surface area contributed by atoms with E-state index in [2.05, 4.69) is 320 Å². The minimum Gasteiger partial charge on any atom is -0.278 e. The van der Waals surface area contributed by atoms with Crippen molar-refractivity contribution in [2.75, 3.05) is 0 Å². The Morgan fingerprint density at radius 3 is 1.25 bits per heavy atom. The summed E-state index contributed by atoms with van der Waals surface area (Å²) in [5.74, 6) is 1.05. The summed E-state index contributed by atoms with van der Waals surface area (Å²) in [6, 6.07) is 117. The van der Waals surface area contributed by atoms with Crippen LogP contribution in [-0.2, 0) is 0 Å². The average Bonchev–Trinajstić information content (AvgIpc) is 1.44. The average molecular weight is 1090 g/mol. The summed E-state index contributed by atoms with van der Waals surface area (Å²) >= 11 is 0. The normalized spacial score (nSPS) is 14.3. The third kappa shape index (κ3) is 7.46. The largest absolute Gasteiger partial charge is 0.278 e. The highest BCUT2D eigenvalue weighted by atomic mass is 28.3. The second-order valence-corrected chi connectivity index (χ2v) is 29.5. The lowest BCUT2D eigenvalue weighted by atomic mass is 9.60. The molecular weight excluding hydrogens is 1040 g/mol. The third-order valence-electron chi connectivity index (χ3n) is 17.9. The van der Waals surface area contributed by atoms with E-state index >= 15 is 0 Å². The Hall–Kier alpha value is -10.1. The lowest BCUT2D eigenvalue weighted by molar-refractivity contribution is 0.758. The van der Waals surface area contributed by atoms with Gasteiger partial charge in [-0.15, -0.1) is 0 Å². The first-order chi connectivity index (χ1) is 41.2. The van der Waals surface area contributed by atoms with Crippen LogP contribution in [0.4, 0.5) is 0 Å². The maximum Gasteiger partial charge on any atom is 0.238 e. The number of aromatic nitrogens is 4. The van der Waals surface area contributed by atoms with Gasteiger partial charge < -0.3 is 0 Å². The van der Waals surface area contributed by atoms with E-state index in [9.17, 15) is 0 Å². The first kappa shape index (κ1) is 48.8. The molecular formula is C77H54N4Si2. The molecule has 0 spiro atoms. The topological polar surface area (TPSA) is 43.6 Å². The summed E-state index contributed by atoms with van der Waals surface area (Å²) in [6.45, 7) is 0. The molecule has 0 radical (unpaired) electrons. The van der Waals surface area contributed by atoms with Gasteiger partial charge in [0.25, 0.3) is 0 Å². The van der Waals surface area contributed by atoms with E-state index in [-0.39, 0.29) is 11.8 Å². The van der Waals surface area contributed by atoms with Crippen molar-refractivity contribution in [1.82, 2.24) is 19.5 Å². The van der Waals surface area contributed by atoms with Gasteiger partial charge in [0.15, 0.2) is 13.9 Å². The fraction of sp³-hybridized carbons (Fsp3) is 0.0260. The molecule has 12 aromatic carbocycles. The van der Waals surface area contributed by atoms with Crippen LogP contribution in [0.2, 0.25) is 0 Å². The van der Waals surface area contributed by atoms with Crippen LogP contribution in [0.3, 0.4) is 0 Å². The molecule has 0 saturated carbocycles. The Bertz CT molecular complexity index is 4550. The molecule has 2 aromatic heterocycles. The van der Waals surface area contributed by atoms with Crippen molar-refractivity contribution < 1.29 is 0 Å². The molecule has 2 bridgehead atoms. The number of rotatable bonds is 11. The van der Waals surface area contributed by atoms with E-state index < -0.39 is 16.1 Å². The molecule has 2 unspecified atom stereocenters. The Balaban J connectivity index is 1.02. The summed E-state index contributed by atoms with van der Waals surface area (Å²) in [7, 11) is -6.56. The highest BCUT2D eigenvalue weighted by Crippen LogP contribution is 2.57. The van der Waals surface area contributed by atoms with Crippen LogP contribution in [0, 0.1) is 0 Å². The maximum absolute atomic E-state index is 6.07. The first-order valence-corrected chi connectivity index (χ1v) is 32.8. The second-order valence-electron chi connectivity index (χ2n) is 22.0. The minimum atomic E-state index is -3.36. The van der Waals surface area contributed by atoms with E-state index in [4.69, 9.17) is 15.0 Å². The minimum absolute atomic E-state index is 0.0421. The zero-order valence-electron chi connectivity index (χ0n) is 45.5. The van der Waals surface area contributed by atoms with Crippen molar-refractivity contribution in [2.45, 2.75) is 11.8 Å². The van der Waals surface area contributed by atoms with Crippen LogP contribution in [-0.4, -0.2) is 35.7 Å². The quantitative estimate of drug-likeness (QED) is 0.0958. The second kappa shape index (κ2) is 19.9. The number of nitrogens with zero attached hydrogens (tertiary/aromatic N) is 4. The smallest absolute Gasteiger partial charge is 0.238 e. The van der Waals surface area contributed by atoms with Crippen LogP contribution in [0.15, 0.2) is 315 Å². The lowest BCUT2D eigenvalue weighted by Crippen LogP contribution is -2.76. The molecule has 2 atom stereocenters. The molecule has 3 aliphatic carbocycles. The summed E-state index contributed by atoms with van der Waals surface area (Å²) in [6.07, 6.45) is 0. The Labute approximate surface area is 485 Å². The third-order valence-corrected chi connectivity index (χ3v) is 27.2. The predicted molar refractivity (Wildman–Crippen MR) is 347 cm³/mol. The molecule has 0 amide bonds. The predicted octanol–water partition coefficient (Wildman–Crippen LogP) is 12.0. The van der Waals surface area contributed by atoms with Crippen molar-refractivity contribution in [3.05, 3.63) is 349 Å². The van der Waals surface area contributed by atoms with E-state index in [1.54, 1.807) is 0 Å². The van der Waals surface area contributed by atoms with Crippen LogP contribution < -0.4 is 41.8 Å². The zero-order chi connectivity index (χ0) is 54.9. The standard InChI is InChI=1S/C77H54N4Si2/c1-7-28-53(29-8-1)54-30-25-41-60(52-54)82(55-31-9-2-10-32-55,56-33-11-3-12-34-56)70-51-27-47-66-71-63-44-19-20-45-64(63)74(73(66)70)72-65(71)46-26-48-67(72)75-78-76(81-68-49-23-21-42-61(68)62-43-22-24-50-69(62)81)80-77(79-75)83(57-35-13-4-14-36-57,58-37-15-5-16-38-58)59-39-17-6-18-40-59/h1-52,71,74H. The summed E-state index contributed by atoms with van der Waals surface area (Å²) in [5.41, 5.74) is 14.3. The molecule has 17 rings (SSSR count). The molecule has 14 aromatic rings. The number of hydrogen-bond acceptors (Lipinski definition) is 3. The number of fused-ring (bicyclic) bond motifs is 3. The van der Waals surface area contributed by atoms with Gasteiger partial charge in [-0.05, 0) is 92.9 Å². The fourth-order valence-electron chi connectivity index (χ4n) is 14.6. The van der Waals surface area contributed by atoms with Gasteiger partial charge >= 0.3 is 0 Å². The van der Waals surface area contributed by atoms with Gasteiger partial charge in [-0.3, -0.25) is 4.57 Å². The SMILES string of the molecule is c1ccc(-c2cccc([Si](c3ccccc3)(c3ccccc3)c3cccc4c3C3c5ccccc5C4c4cccc(-c5nc(-n6c7ccccc7c7ccccc76)nc([Si](c6ccccc6)(c6ccccc6)c6ccccc6)n5)c43)c2)cc1. The molecule has 390 valence electrons. The van der Waals surface area contributed by atoms with E-state index in [1.165, 1.54) is 80.8 Å². The monoisotopic (exact) mass is 1090 g/mol. The van der Waals surface area contributed by atoms with Crippen molar-refractivity contribution in [2.24, 2.45) is 0 Å². The highest BCUT2D eigenvalue weighted by Gasteiger charge is 2.51. The molecule has 2 heterocycles. The zero-order valence-corrected chi connectivity index (χ0v) is 47.5. The molecule has 0 saturated heterocycles. The van der Waals surface area contributed by atoms with E-state index in [0.29, 0.717) is 11.8 Å². The van der Waals surface area contributed by atoms with Gasteiger partial charge in [0.2, 0.25) is 14.0 Å².